The van der Waals surface area contributed by atoms with E-state index in [-0.39, 0.29) is 12.5 Å². The van der Waals surface area contributed by atoms with Gasteiger partial charge in [0.2, 0.25) is 6.79 Å². The van der Waals surface area contributed by atoms with Crippen LogP contribution in [0.15, 0.2) is 41.6 Å². The summed E-state index contributed by atoms with van der Waals surface area (Å²) < 4.78 is 12.7. The summed E-state index contributed by atoms with van der Waals surface area (Å²) in [5.41, 5.74) is 1.60. The van der Waals surface area contributed by atoms with Gasteiger partial charge in [-0.05, 0) is 30.7 Å². The molecule has 1 aliphatic heterocycles. The minimum absolute atomic E-state index is 0.185. The summed E-state index contributed by atoms with van der Waals surface area (Å²) in [7, 11) is 0. The van der Waals surface area contributed by atoms with Crippen molar-refractivity contribution in [2.24, 2.45) is 0 Å². The molecule has 0 fully saturated rings. The molecule has 3 aromatic rings. The Bertz CT molecular complexity index is 961. The molecular weight excluding hydrogens is 374 g/mol. The Morgan fingerprint density at radius 1 is 1.19 bits per heavy atom. The fraction of sp³-hybridized carbons (Fsp3) is 0.222. The number of ether oxygens (including phenoxy) is 2. The van der Waals surface area contributed by atoms with Crippen LogP contribution in [-0.2, 0) is 12.3 Å². The number of nitrogens with zero attached hydrogens (tertiary/aromatic N) is 3. The van der Waals surface area contributed by atoms with Gasteiger partial charge in [0.05, 0.1) is 5.56 Å². The zero-order valence-corrected chi connectivity index (χ0v) is 15.5. The van der Waals surface area contributed by atoms with E-state index >= 15 is 0 Å². The van der Waals surface area contributed by atoms with Crippen molar-refractivity contribution < 1.29 is 14.6 Å². The first-order valence-corrected chi connectivity index (χ1v) is 9.46. The maximum absolute atomic E-state index is 10.1. The summed E-state index contributed by atoms with van der Waals surface area (Å²) in [4.78, 5) is 0. The SMILES string of the molecule is CCn1c(SCc2cc3c(cc2Cl)OCO3)nnc1-c1ccccc1O. The van der Waals surface area contributed by atoms with Crippen LogP contribution < -0.4 is 9.47 Å². The largest absolute Gasteiger partial charge is 0.507 e. The summed E-state index contributed by atoms with van der Waals surface area (Å²) in [6.07, 6.45) is 0. The van der Waals surface area contributed by atoms with Gasteiger partial charge in [-0.15, -0.1) is 10.2 Å². The van der Waals surface area contributed by atoms with Gasteiger partial charge in [0.15, 0.2) is 22.5 Å². The molecule has 0 saturated heterocycles. The van der Waals surface area contributed by atoms with Crippen molar-refractivity contribution in [1.82, 2.24) is 14.8 Å². The topological polar surface area (TPSA) is 69.4 Å². The Morgan fingerprint density at radius 3 is 2.73 bits per heavy atom. The number of phenolic OH excluding ortho intramolecular Hbond substituents is 1. The summed E-state index contributed by atoms with van der Waals surface area (Å²) in [5, 5.41) is 20.0. The Kier molecular flexibility index (Phi) is 4.65. The average Bonchev–Trinajstić information content (AvgIpc) is 3.26. The number of thioether (sulfide) groups is 1. The highest BCUT2D eigenvalue weighted by atomic mass is 35.5. The molecule has 2 aromatic carbocycles. The first-order valence-electron chi connectivity index (χ1n) is 8.09. The molecule has 0 radical (unpaired) electrons. The molecule has 1 aromatic heterocycles. The molecule has 0 spiro atoms. The second kappa shape index (κ2) is 7.09. The van der Waals surface area contributed by atoms with E-state index < -0.39 is 0 Å². The van der Waals surface area contributed by atoms with Crippen LogP contribution in [-0.4, -0.2) is 26.7 Å². The molecule has 0 atom stereocenters. The number of benzene rings is 2. The summed E-state index contributed by atoms with van der Waals surface area (Å²) in [5.74, 6) is 2.82. The zero-order chi connectivity index (χ0) is 18.1. The smallest absolute Gasteiger partial charge is 0.231 e. The van der Waals surface area contributed by atoms with Crippen LogP contribution in [0, 0.1) is 0 Å². The Labute approximate surface area is 159 Å². The number of hydrogen-bond donors (Lipinski definition) is 1. The van der Waals surface area contributed by atoms with Crippen LogP contribution in [0.25, 0.3) is 11.4 Å². The molecule has 0 aliphatic carbocycles. The maximum Gasteiger partial charge on any atom is 0.231 e. The van der Waals surface area contributed by atoms with E-state index in [1.165, 1.54) is 11.8 Å². The molecule has 1 N–H and O–H groups in total. The molecule has 4 rings (SSSR count). The standard InChI is InChI=1S/C18H16ClN3O3S/c1-2-22-17(12-5-3-4-6-14(12)23)20-21-18(22)26-9-11-7-15-16(8-13(11)19)25-10-24-15/h3-8,23H,2,9-10H2,1H3. The van der Waals surface area contributed by atoms with Gasteiger partial charge >= 0.3 is 0 Å². The van der Waals surface area contributed by atoms with Gasteiger partial charge in [0.1, 0.15) is 5.75 Å². The Hall–Kier alpha value is -2.38. The van der Waals surface area contributed by atoms with E-state index in [1.807, 2.05) is 29.7 Å². The monoisotopic (exact) mass is 389 g/mol. The molecule has 0 amide bonds. The number of aromatic nitrogens is 3. The highest BCUT2D eigenvalue weighted by molar-refractivity contribution is 7.98. The third-order valence-electron chi connectivity index (χ3n) is 4.08. The van der Waals surface area contributed by atoms with E-state index in [4.69, 9.17) is 21.1 Å². The molecule has 26 heavy (non-hydrogen) atoms. The number of rotatable bonds is 5. The number of phenols is 1. The lowest BCUT2D eigenvalue weighted by Crippen LogP contribution is -2.00. The van der Waals surface area contributed by atoms with Crippen molar-refractivity contribution in [3.63, 3.8) is 0 Å². The van der Waals surface area contributed by atoms with Crippen molar-refractivity contribution in [2.75, 3.05) is 6.79 Å². The zero-order valence-electron chi connectivity index (χ0n) is 14.0. The fourth-order valence-electron chi connectivity index (χ4n) is 2.75. The predicted octanol–water partition coefficient (Wildman–Crippen LogP) is 4.35. The molecule has 0 saturated carbocycles. The lowest BCUT2D eigenvalue weighted by atomic mass is 10.2. The van der Waals surface area contributed by atoms with Crippen molar-refractivity contribution in [3.05, 3.63) is 47.0 Å². The third-order valence-corrected chi connectivity index (χ3v) is 5.44. The van der Waals surface area contributed by atoms with E-state index in [0.29, 0.717) is 40.2 Å². The highest BCUT2D eigenvalue weighted by Gasteiger charge is 2.19. The molecule has 0 unspecified atom stereocenters. The molecule has 2 heterocycles. The van der Waals surface area contributed by atoms with E-state index in [1.54, 1.807) is 18.2 Å². The Balaban J connectivity index is 1.59. The molecule has 8 heteroatoms. The highest BCUT2D eigenvalue weighted by Crippen LogP contribution is 2.39. The second-order valence-corrected chi connectivity index (χ2v) is 7.00. The number of para-hydroxylation sites is 1. The summed E-state index contributed by atoms with van der Waals surface area (Å²) >= 11 is 7.88. The number of hydrogen-bond acceptors (Lipinski definition) is 6. The number of halogens is 1. The quantitative estimate of drug-likeness (QED) is 0.654. The van der Waals surface area contributed by atoms with Crippen LogP contribution >= 0.6 is 23.4 Å². The van der Waals surface area contributed by atoms with Gasteiger partial charge in [-0.2, -0.15) is 0 Å². The van der Waals surface area contributed by atoms with Crippen LogP contribution in [0.5, 0.6) is 17.2 Å². The van der Waals surface area contributed by atoms with Crippen molar-refractivity contribution in [2.45, 2.75) is 24.4 Å². The van der Waals surface area contributed by atoms with Gasteiger partial charge in [-0.3, -0.25) is 0 Å². The minimum Gasteiger partial charge on any atom is -0.507 e. The summed E-state index contributed by atoms with van der Waals surface area (Å²) in [6.45, 7) is 2.93. The van der Waals surface area contributed by atoms with Crippen molar-refractivity contribution in [3.8, 4) is 28.6 Å². The van der Waals surface area contributed by atoms with Crippen molar-refractivity contribution in [1.29, 1.82) is 0 Å². The average molecular weight is 390 g/mol. The van der Waals surface area contributed by atoms with Crippen LogP contribution in [0.1, 0.15) is 12.5 Å². The lowest BCUT2D eigenvalue weighted by Gasteiger charge is -2.09. The molecule has 1 aliphatic rings. The fourth-order valence-corrected chi connectivity index (χ4v) is 4.05. The molecule has 0 bridgehead atoms. The van der Waals surface area contributed by atoms with E-state index in [2.05, 4.69) is 10.2 Å². The second-order valence-electron chi connectivity index (χ2n) is 5.65. The van der Waals surface area contributed by atoms with Crippen LogP contribution in [0.3, 0.4) is 0 Å². The van der Waals surface area contributed by atoms with E-state index in [0.717, 1.165) is 10.7 Å². The first-order chi connectivity index (χ1) is 12.7. The van der Waals surface area contributed by atoms with Crippen LogP contribution in [0.4, 0.5) is 0 Å². The lowest BCUT2D eigenvalue weighted by molar-refractivity contribution is 0.174. The maximum atomic E-state index is 10.1. The van der Waals surface area contributed by atoms with E-state index in [9.17, 15) is 5.11 Å². The van der Waals surface area contributed by atoms with Crippen molar-refractivity contribution >= 4 is 23.4 Å². The van der Waals surface area contributed by atoms with Gasteiger partial charge in [0, 0.05) is 23.4 Å². The summed E-state index contributed by atoms with van der Waals surface area (Å²) in [6, 6.07) is 10.8. The Morgan fingerprint density at radius 2 is 1.96 bits per heavy atom. The molecule has 134 valence electrons. The first kappa shape index (κ1) is 17.1. The normalized spacial score (nSPS) is 12.5. The van der Waals surface area contributed by atoms with Gasteiger partial charge < -0.3 is 19.1 Å². The third kappa shape index (κ3) is 3.08. The minimum atomic E-state index is 0.185. The molecule has 6 nitrogen and oxygen atoms in total. The predicted molar refractivity (Wildman–Crippen MR) is 99.9 cm³/mol. The van der Waals surface area contributed by atoms with Crippen LogP contribution in [0.2, 0.25) is 5.02 Å². The van der Waals surface area contributed by atoms with Gasteiger partial charge in [0.25, 0.3) is 0 Å². The number of aromatic hydroxyl groups is 1. The number of fused-ring (bicyclic) bond motifs is 1. The van der Waals surface area contributed by atoms with Gasteiger partial charge in [-0.25, -0.2) is 0 Å². The molecular formula is C18H16ClN3O3S. The van der Waals surface area contributed by atoms with Gasteiger partial charge in [-0.1, -0.05) is 35.5 Å².